The van der Waals surface area contributed by atoms with Gasteiger partial charge in [0, 0.05) is 4.88 Å². The van der Waals surface area contributed by atoms with Crippen molar-refractivity contribution in [3.05, 3.63) is 57.8 Å². The molecular weight excluding hydrogens is 228 g/mol. The molecule has 1 aromatic heterocycles. The predicted octanol–water partition coefficient (Wildman–Crippen LogP) is 4.13. The minimum atomic E-state index is 0.913. The van der Waals surface area contributed by atoms with Crippen LogP contribution in [0.2, 0.25) is 0 Å². The van der Waals surface area contributed by atoms with Crippen LogP contribution in [0, 0.1) is 0 Å². The highest BCUT2D eigenvalue weighted by Gasteiger charge is 2.14. The molecule has 2 aromatic rings. The molecule has 0 unspecified atom stereocenters. The van der Waals surface area contributed by atoms with E-state index >= 15 is 0 Å². The smallest absolute Gasteiger partial charge is 0.118 e. The molecule has 0 aliphatic heterocycles. The third kappa shape index (κ3) is 1.89. The van der Waals surface area contributed by atoms with E-state index in [1.54, 1.807) is 7.11 Å². The Kier molecular flexibility index (Phi) is 2.73. The highest BCUT2D eigenvalue weighted by molar-refractivity contribution is 7.10. The van der Waals surface area contributed by atoms with E-state index in [0.717, 1.165) is 12.2 Å². The van der Waals surface area contributed by atoms with Crippen molar-refractivity contribution in [1.29, 1.82) is 0 Å². The predicted molar refractivity (Wildman–Crippen MR) is 72.7 cm³/mol. The third-order valence-corrected chi connectivity index (χ3v) is 4.14. The Morgan fingerprint density at radius 2 is 1.94 bits per heavy atom. The molecule has 17 heavy (non-hydrogen) atoms. The number of hydrogen-bond acceptors (Lipinski definition) is 2. The zero-order valence-corrected chi connectivity index (χ0v) is 10.6. The number of rotatable bonds is 2. The maximum atomic E-state index is 5.19. The van der Waals surface area contributed by atoms with Gasteiger partial charge in [0.1, 0.15) is 5.75 Å². The molecule has 1 heterocycles. The van der Waals surface area contributed by atoms with Crippen molar-refractivity contribution in [3.8, 4) is 5.75 Å². The second-order valence-corrected chi connectivity index (χ2v) is 5.14. The fourth-order valence-corrected chi connectivity index (χ4v) is 3.18. The van der Waals surface area contributed by atoms with E-state index in [0.29, 0.717) is 0 Å². The SMILES string of the molecule is COc1ccc(C2=CCCc3sccc32)cc1. The summed E-state index contributed by atoms with van der Waals surface area (Å²) in [5.74, 6) is 0.913. The molecule has 2 heteroatoms. The van der Waals surface area contributed by atoms with Gasteiger partial charge in [-0.15, -0.1) is 11.3 Å². The lowest BCUT2D eigenvalue weighted by Gasteiger charge is -2.14. The van der Waals surface area contributed by atoms with Gasteiger partial charge in [0.15, 0.2) is 0 Å². The topological polar surface area (TPSA) is 9.23 Å². The summed E-state index contributed by atoms with van der Waals surface area (Å²) in [7, 11) is 1.70. The summed E-state index contributed by atoms with van der Waals surface area (Å²) in [5, 5.41) is 2.19. The number of thiophene rings is 1. The van der Waals surface area contributed by atoms with Crippen molar-refractivity contribution < 1.29 is 4.74 Å². The molecule has 0 atom stereocenters. The van der Waals surface area contributed by atoms with Gasteiger partial charge >= 0.3 is 0 Å². The zero-order valence-electron chi connectivity index (χ0n) is 9.77. The van der Waals surface area contributed by atoms with Crippen LogP contribution in [-0.2, 0) is 6.42 Å². The Bertz CT molecular complexity index is 549. The summed E-state index contributed by atoms with van der Waals surface area (Å²) in [4.78, 5) is 1.51. The van der Waals surface area contributed by atoms with Crippen LogP contribution in [0.25, 0.3) is 5.57 Å². The van der Waals surface area contributed by atoms with E-state index < -0.39 is 0 Å². The Morgan fingerprint density at radius 3 is 2.71 bits per heavy atom. The highest BCUT2D eigenvalue weighted by Crippen LogP contribution is 2.35. The lowest BCUT2D eigenvalue weighted by molar-refractivity contribution is 0.415. The van der Waals surface area contributed by atoms with Gasteiger partial charge in [-0.1, -0.05) is 18.2 Å². The molecule has 0 radical (unpaired) electrons. The van der Waals surface area contributed by atoms with Gasteiger partial charge in [0.25, 0.3) is 0 Å². The van der Waals surface area contributed by atoms with Crippen molar-refractivity contribution in [2.45, 2.75) is 12.8 Å². The molecular formula is C15H14OS. The van der Waals surface area contributed by atoms with Crippen molar-refractivity contribution in [3.63, 3.8) is 0 Å². The van der Waals surface area contributed by atoms with E-state index in [1.165, 1.54) is 28.0 Å². The van der Waals surface area contributed by atoms with E-state index in [-0.39, 0.29) is 0 Å². The first-order valence-electron chi connectivity index (χ1n) is 5.80. The molecule has 1 aromatic carbocycles. The first-order valence-corrected chi connectivity index (χ1v) is 6.68. The Hall–Kier alpha value is -1.54. The number of aryl methyl sites for hydroxylation is 1. The van der Waals surface area contributed by atoms with Crippen LogP contribution in [-0.4, -0.2) is 7.11 Å². The number of hydrogen-bond donors (Lipinski definition) is 0. The standard InChI is InChI=1S/C15H14OS/c1-16-12-7-5-11(6-8-12)13-3-2-4-15-14(13)9-10-17-15/h3,5-10H,2,4H2,1H3. The van der Waals surface area contributed by atoms with E-state index in [4.69, 9.17) is 4.74 Å². The minimum Gasteiger partial charge on any atom is -0.497 e. The number of benzene rings is 1. The number of allylic oxidation sites excluding steroid dienone is 1. The Morgan fingerprint density at radius 1 is 1.12 bits per heavy atom. The lowest BCUT2D eigenvalue weighted by Crippen LogP contribution is -1.96. The molecule has 1 nitrogen and oxygen atoms in total. The van der Waals surface area contributed by atoms with Gasteiger partial charge in [0.2, 0.25) is 0 Å². The minimum absolute atomic E-state index is 0.913. The Balaban J connectivity index is 2.01. The van der Waals surface area contributed by atoms with Gasteiger partial charge in [-0.2, -0.15) is 0 Å². The molecule has 1 aliphatic carbocycles. The molecule has 86 valence electrons. The van der Waals surface area contributed by atoms with Crippen molar-refractivity contribution in [2.24, 2.45) is 0 Å². The first kappa shape index (κ1) is 10.6. The average Bonchev–Trinajstić information content (AvgIpc) is 2.87. The molecule has 3 rings (SSSR count). The van der Waals surface area contributed by atoms with Crippen LogP contribution in [0.3, 0.4) is 0 Å². The quantitative estimate of drug-likeness (QED) is 0.769. The summed E-state index contributed by atoms with van der Waals surface area (Å²) in [5.41, 5.74) is 4.06. The van der Waals surface area contributed by atoms with Crippen LogP contribution < -0.4 is 4.74 Å². The summed E-state index contributed by atoms with van der Waals surface area (Å²) < 4.78 is 5.19. The highest BCUT2D eigenvalue weighted by atomic mass is 32.1. The normalized spacial score (nSPS) is 14.1. The monoisotopic (exact) mass is 242 g/mol. The van der Waals surface area contributed by atoms with E-state index in [9.17, 15) is 0 Å². The second-order valence-electron chi connectivity index (χ2n) is 4.14. The van der Waals surface area contributed by atoms with Crippen LogP contribution in [0.15, 0.2) is 41.8 Å². The molecule has 0 bridgehead atoms. The van der Waals surface area contributed by atoms with Crippen molar-refractivity contribution >= 4 is 16.9 Å². The molecule has 0 saturated carbocycles. The van der Waals surface area contributed by atoms with Crippen LogP contribution >= 0.6 is 11.3 Å². The van der Waals surface area contributed by atoms with Gasteiger partial charge in [0.05, 0.1) is 7.11 Å². The maximum Gasteiger partial charge on any atom is 0.118 e. The second kappa shape index (κ2) is 4.38. The lowest BCUT2D eigenvalue weighted by atomic mass is 9.92. The van der Waals surface area contributed by atoms with Crippen molar-refractivity contribution in [2.75, 3.05) is 7.11 Å². The van der Waals surface area contributed by atoms with Crippen molar-refractivity contribution in [1.82, 2.24) is 0 Å². The summed E-state index contributed by atoms with van der Waals surface area (Å²) in [6.07, 6.45) is 4.68. The first-order chi connectivity index (χ1) is 8.38. The molecule has 0 spiro atoms. The summed E-state index contributed by atoms with van der Waals surface area (Å²) in [6, 6.07) is 10.6. The third-order valence-electron chi connectivity index (χ3n) is 3.16. The summed E-state index contributed by atoms with van der Waals surface area (Å²) >= 11 is 1.87. The number of methoxy groups -OCH3 is 1. The molecule has 0 amide bonds. The van der Waals surface area contributed by atoms with Gasteiger partial charge in [-0.05, 0) is 53.1 Å². The zero-order chi connectivity index (χ0) is 11.7. The number of fused-ring (bicyclic) bond motifs is 1. The van der Waals surface area contributed by atoms with Crippen LogP contribution in [0.4, 0.5) is 0 Å². The Labute approximate surface area is 105 Å². The van der Waals surface area contributed by atoms with Crippen LogP contribution in [0.5, 0.6) is 5.75 Å². The number of ether oxygens (including phenoxy) is 1. The average molecular weight is 242 g/mol. The van der Waals surface area contributed by atoms with Gasteiger partial charge in [-0.25, -0.2) is 0 Å². The molecule has 0 saturated heterocycles. The summed E-state index contributed by atoms with van der Waals surface area (Å²) in [6.45, 7) is 0. The molecule has 1 aliphatic rings. The van der Waals surface area contributed by atoms with Gasteiger partial charge in [-0.3, -0.25) is 0 Å². The van der Waals surface area contributed by atoms with E-state index in [1.807, 2.05) is 23.5 Å². The fourth-order valence-electron chi connectivity index (χ4n) is 2.28. The van der Waals surface area contributed by atoms with Crippen LogP contribution in [0.1, 0.15) is 22.4 Å². The van der Waals surface area contributed by atoms with Gasteiger partial charge < -0.3 is 4.74 Å². The maximum absolute atomic E-state index is 5.19. The van der Waals surface area contributed by atoms with E-state index in [2.05, 4.69) is 29.7 Å². The fraction of sp³-hybridized carbons (Fsp3) is 0.200. The molecule has 0 N–H and O–H groups in total. The molecule has 0 fully saturated rings. The largest absolute Gasteiger partial charge is 0.497 e.